The van der Waals surface area contributed by atoms with Crippen LogP contribution >= 0.6 is 34.5 Å². The second kappa shape index (κ2) is 5.65. The first-order valence-corrected chi connectivity index (χ1v) is 6.74. The molecule has 2 rings (SSSR count). The molecule has 0 aliphatic rings. The zero-order valence-electron chi connectivity index (χ0n) is 9.35. The molecule has 0 saturated heterocycles. The highest BCUT2D eigenvalue weighted by molar-refractivity contribution is 7.18. The highest BCUT2D eigenvalue weighted by atomic mass is 35.5. The summed E-state index contributed by atoms with van der Waals surface area (Å²) in [6.45, 7) is 1.60. The quantitative estimate of drug-likeness (QED) is 0.884. The lowest BCUT2D eigenvalue weighted by Gasteiger charge is -2.00. The van der Waals surface area contributed by atoms with Gasteiger partial charge in [0.1, 0.15) is 10.4 Å². The summed E-state index contributed by atoms with van der Waals surface area (Å²) in [5.74, 6) is -0.296. The van der Waals surface area contributed by atoms with Crippen LogP contribution < -0.4 is 5.32 Å². The summed E-state index contributed by atoms with van der Waals surface area (Å²) in [4.78, 5) is 11.4. The van der Waals surface area contributed by atoms with Crippen LogP contribution in [0.1, 0.15) is 6.92 Å². The molecule has 0 unspecified atom stereocenters. The van der Waals surface area contributed by atoms with Gasteiger partial charge in [0.05, 0.1) is 0 Å². The van der Waals surface area contributed by atoms with E-state index in [2.05, 4.69) is 15.5 Å². The maximum Gasteiger partial charge on any atom is 0.243 e. The third-order valence-corrected chi connectivity index (χ3v) is 3.45. The standard InChI is InChI=1S/C11H9Cl2N3OS/c1-6(12)9(17)14-11-16-15-10(18-11)7-2-4-8(13)5-3-7/h2-6H,1H3,(H,14,16,17)/t6-/m0/s1. The number of hydrogen-bond acceptors (Lipinski definition) is 4. The van der Waals surface area contributed by atoms with E-state index in [0.717, 1.165) is 5.56 Å². The van der Waals surface area contributed by atoms with E-state index < -0.39 is 5.38 Å². The van der Waals surface area contributed by atoms with Crippen molar-refractivity contribution in [3.8, 4) is 10.6 Å². The van der Waals surface area contributed by atoms with Crippen molar-refractivity contribution in [2.45, 2.75) is 12.3 Å². The van der Waals surface area contributed by atoms with Crippen molar-refractivity contribution < 1.29 is 4.79 Å². The molecule has 1 N–H and O–H groups in total. The van der Waals surface area contributed by atoms with Crippen molar-refractivity contribution in [1.82, 2.24) is 10.2 Å². The van der Waals surface area contributed by atoms with E-state index >= 15 is 0 Å². The van der Waals surface area contributed by atoms with Gasteiger partial charge in [-0.2, -0.15) is 0 Å². The second-order valence-electron chi connectivity index (χ2n) is 3.52. The number of amides is 1. The number of carbonyl (C=O) groups excluding carboxylic acids is 1. The van der Waals surface area contributed by atoms with Gasteiger partial charge in [-0.1, -0.05) is 35.1 Å². The van der Waals surface area contributed by atoms with Crippen LogP contribution in [-0.2, 0) is 4.79 Å². The normalized spacial score (nSPS) is 12.2. The van der Waals surface area contributed by atoms with Crippen LogP contribution in [0.5, 0.6) is 0 Å². The van der Waals surface area contributed by atoms with Gasteiger partial charge in [0.2, 0.25) is 11.0 Å². The van der Waals surface area contributed by atoms with E-state index in [1.807, 2.05) is 12.1 Å². The lowest BCUT2D eigenvalue weighted by molar-refractivity contribution is -0.115. The molecule has 1 amide bonds. The zero-order chi connectivity index (χ0) is 13.1. The van der Waals surface area contributed by atoms with Gasteiger partial charge in [-0.3, -0.25) is 10.1 Å². The van der Waals surface area contributed by atoms with Crippen LogP contribution in [0.2, 0.25) is 5.02 Å². The maximum atomic E-state index is 11.4. The molecule has 18 heavy (non-hydrogen) atoms. The van der Waals surface area contributed by atoms with E-state index in [1.54, 1.807) is 19.1 Å². The fraction of sp³-hybridized carbons (Fsp3) is 0.182. The Balaban J connectivity index is 2.15. The molecule has 0 saturated carbocycles. The Morgan fingerprint density at radius 2 is 2.00 bits per heavy atom. The minimum absolute atomic E-state index is 0.296. The molecular formula is C11H9Cl2N3OS. The third kappa shape index (κ3) is 3.19. The van der Waals surface area contributed by atoms with Crippen LogP contribution in [0.3, 0.4) is 0 Å². The van der Waals surface area contributed by atoms with Gasteiger partial charge in [0, 0.05) is 10.6 Å². The summed E-state index contributed by atoms with van der Waals surface area (Å²) in [5.41, 5.74) is 0.899. The van der Waals surface area contributed by atoms with Crippen molar-refractivity contribution in [1.29, 1.82) is 0 Å². The van der Waals surface area contributed by atoms with Gasteiger partial charge < -0.3 is 0 Å². The van der Waals surface area contributed by atoms with E-state index in [4.69, 9.17) is 23.2 Å². The lowest BCUT2D eigenvalue weighted by Crippen LogP contribution is -2.20. The molecule has 0 aliphatic heterocycles. The Hall–Kier alpha value is -1.17. The molecule has 0 bridgehead atoms. The summed E-state index contributed by atoms with van der Waals surface area (Å²) in [7, 11) is 0. The van der Waals surface area contributed by atoms with Crippen molar-refractivity contribution in [2.75, 3.05) is 5.32 Å². The predicted octanol–water partition coefficient (Wildman–Crippen LogP) is 3.42. The maximum absolute atomic E-state index is 11.4. The topological polar surface area (TPSA) is 54.9 Å². The van der Waals surface area contributed by atoms with E-state index in [-0.39, 0.29) is 5.91 Å². The monoisotopic (exact) mass is 301 g/mol. The van der Waals surface area contributed by atoms with Crippen LogP contribution in [0.15, 0.2) is 24.3 Å². The molecule has 0 radical (unpaired) electrons. The molecule has 94 valence electrons. The Bertz CT molecular complexity index is 554. The number of rotatable bonds is 3. The van der Waals surface area contributed by atoms with Crippen LogP contribution in [0.4, 0.5) is 5.13 Å². The minimum atomic E-state index is -0.604. The summed E-state index contributed by atoms with van der Waals surface area (Å²) in [6, 6.07) is 7.24. The molecule has 7 heteroatoms. The SMILES string of the molecule is C[C@H](Cl)C(=O)Nc1nnc(-c2ccc(Cl)cc2)s1. The summed E-state index contributed by atoms with van der Waals surface area (Å²) in [6.07, 6.45) is 0. The Kier molecular flexibility index (Phi) is 4.16. The largest absolute Gasteiger partial charge is 0.299 e. The van der Waals surface area contributed by atoms with Gasteiger partial charge in [-0.15, -0.1) is 21.8 Å². The lowest BCUT2D eigenvalue weighted by atomic mass is 10.2. The van der Waals surface area contributed by atoms with Crippen LogP contribution in [0.25, 0.3) is 10.6 Å². The Morgan fingerprint density at radius 3 is 2.61 bits per heavy atom. The fourth-order valence-corrected chi connectivity index (χ4v) is 2.12. The number of alkyl halides is 1. The minimum Gasteiger partial charge on any atom is -0.299 e. The smallest absolute Gasteiger partial charge is 0.243 e. The highest BCUT2D eigenvalue weighted by Gasteiger charge is 2.13. The summed E-state index contributed by atoms with van der Waals surface area (Å²) < 4.78 is 0. The first-order valence-electron chi connectivity index (χ1n) is 5.10. The fourth-order valence-electron chi connectivity index (χ4n) is 1.19. The number of carbonyl (C=O) groups is 1. The van der Waals surface area contributed by atoms with Crippen molar-refractivity contribution in [3.05, 3.63) is 29.3 Å². The molecule has 0 aliphatic carbocycles. The molecule has 1 aromatic carbocycles. The van der Waals surface area contributed by atoms with Gasteiger partial charge in [0.25, 0.3) is 0 Å². The molecule has 2 aromatic rings. The number of aromatic nitrogens is 2. The first-order chi connectivity index (χ1) is 8.56. The van der Waals surface area contributed by atoms with Crippen LogP contribution in [0, 0.1) is 0 Å². The molecule has 4 nitrogen and oxygen atoms in total. The van der Waals surface area contributed by atoms with Gasteiger partial charge in [-0.05, 0) is 19.1 Å². The average molecular weight is 302 g/mol. The van der Waals surface area contributed by atoms with E-state index in [9.17, 15) is 4.79 Å². The van der Waals surface area contributed by atoms with E-state index in [0.29, 0.717) is 15.2 Å². The molecule has 1 atom stereocenters. The summed E-state index contributed by atoms with van der Waals surface area (Å²) >= 11 is 12.7. The number of nitrogens with one attached hydrogen (secondary N) is 1. The van der Waals surface area contributed by atoms with Crippen molar-refractivity contribution >= 4 is 45.6 Å². The van der Waals surface area contributed by atoms with Gasteiger partial charge in [-0.25, -0.2) is 0 Å². The number of nitrogens with zero attached hydrogens (tertiary/aromatic N) is 2. The van der Waals surface area contributed by atoms with Crippen molar-refractivity contribution in [3.63, 3.8) is 0 Å². The van der Waals surface area contributed by atoms with E-state index in [1.165, 1.54) is 11.3 Å². The number of benzene rings is 1. The zero-order valence-corrected chi connectivity index (χ0v) is 11.7. The Labute approximate surface area is 118 Å². The number of hydrogen-bond donors (Lipinski definition) is 1. The number of halogens is 2. The second-order valence-corrected chi connectivity index (χ2v) is 5.59. The van der Waals surface area contributed by atoms with Crippen molar-refractivity contribution in [2.24, 2.45) is 0 Å². The van der Waals surface area contributed by atoms with Crippen LogP contribution in [-0.4, -0.2) is 21.5 Å². The van der Waals surface area contributed by atoms with Gasteiger partial charge >= 0.3 is 0 Å². The molecule has 1 heterocycles. The molecule has 0 spiro atoms. The molecular weight excluding hydrogens is 293 g/mol. The predicted molar refractivity (Wildman–Crippen MR) is 74.3 cm³/mol. The van der Waals surface area contributed by atoms with Gasteiger partial charge in [0.15, 0.2) is 0 Å². The highest BCUT2D eigenvalue weighted by Crippen LogP contribution is 2.27. The molecule has 1 aromatic heterocycles. The third-order valence-electron chi connectivity index (χ3n) is 2.11. The number of anilines is 1. The molecule has 0 fully saturated rings. The summed E-state index contributed by atoms with van der Waals surface area (Å²) in [5, 5.41) is 11.7. The Morgan fingerprint density at radius 1 is 1.33 bits per heavy atom. The average Bonchev–Trinajstić information content (AvgIpc) is 2.78. The first kappa shape index (κ1) is 13.3.